The number of thiocarbonyl (C=S) groups is 1. The van der Waals surface area contributed by atoms with Gasteiger partial charge in [0.1, 0.15) is 15.8 Å². The minimum atomic E-state index is -1.79. The molecular weight excluding hydrogens is 436 g/mol. The van der Waals surface area contributed by atoms with Gasteiger partial charge >= 0.3 is 0 Å². The highest BCUT2D eigenvalue weighted by Crippen LogP contribution is 2.35. The van der Waals surface area contributed by atoms with Crippen LogP contribution < -0.4 is 10.2 Å². The fourth-order valence-corrected chi connectivity index (χ4v) is 3.99. The van der Waals surface area contributed by atoms with E-state index in [-0.39, 0.29) is 20.7 Å². The molecule has 1 amide bonds. The third kappa shape index (κ3) is 4.39. The van der Waals surface area contributed by atoms with Crippen LogP contribution >= 0.6 is 24.0 Å². The molecule has 0 N–H and O–H groups in total. The average Bonchev–Trinajstić information content (AvgIpc) is 3.25. The first kappa shape index (κ1) is 21.2. The molecule has 12 heteroatoms. The Bertz CT molecular complexity index is 1090. The summed E-state index contributed by atoms with van der Waals surface area (Å²) in [5.41, 5.74) is 0.493. The highest BCUT2D eigenvalue weighted by molar-refractivity contribution is 8.26. The number of nitro benzene ring substituents is 1. The molecule has 0 radical (unpaired) electrons. The van der Waals surface area contributed by atoms with Gasteiger partial charge in [-0.1, -0.05) is 24.0 Å². The lowest BCUT2D eigenvalue weighted by atomic mass is 10.1. The SMILES string of the molecule is O=C([O-])C[C@H](C(=O)[O-])N1C(=O)/C(=C\c2ccc(-c3ccc([N+](=O)[O-])cc3)o2)SC1=S. The molecule has 0 bridgehead atoms. The zero-order valence-electron chi connectivity index (χ0n) is 14.8. The Morgan fingerprint density at radius 2 is 1.87 bits per heavy atom. The Morgan fingerprint density at radius 3 is 2.43 bits per heavy atom. The molecule has 1 saturated heterocycles. The summed E-state index contributed by atoms with van der Waals surface area (Å²) in [5, 5.41) is 32.8. The number of carboxylic acid groups (broad SMARTS) is 2. The maximum atomic E-state index is 12.6. The van der Waals surface area contributed by atoms with Gasteiger partial charge in [0.15, 0.2) is 0 Å². The Morgan fingerprint density at radius 1 is 1.20 bits per heavy atom. The molecule has 1 aromatic heterocycles. The van der Waals surface area contributed by atoms with Gasteiger partial charge in [-0.25, -0.2) is 0 Å². The maximum absolute atomic E-state index is 12.6. The quantitative estimate of drug-likeness (QED) is 0.251. The van der Waals surface area contributed by atoms with Crippen LogP contribution in [0.1, 0.15) is 12.2 Å². The number of hydrogen-bond donors (Lipinski definition) is 0. The third-order valence-electron chi connectivity index (χ3n) is 4.03. The fourth-order valence-electron chi connectivity index (χ4n) is 2.65. The molecule has 0 aliphatic carbocycles. The van der Waals surface area contributed by atoms with E-state index in [0.29, 0.717) is 16.2 Å². The first-order valence-electron chi connectivity index (χ1n) is 8.20. The minimum Gasteiger partial charge on any atom is -0.550 e. The largest absolute Gasteiger partial charge is 0.550 e. The molecule has 1 aliphatic rings. The summed E-state index contributed by atoms with van der Waals surface area (Å²) < 4.78 is 5.48. The van der Waals surface area contributed by atoms with Gasteiger partial charge < -0.3 is 24.2 Å². The van der Waals surface area contributed by atoms with Crippen LogP contribution in [-0.4, -0.2) is 38.0 Å². The first-order valence-corrected chi connectivity index (χ1v) is 9.42. The number of carbonyl (C=O) groups is 3. The molecule has 30 heavy (non-hydrogen) atoms. The summed E-state index contributed by atoms with van der Waals surface area (Å²) >= 11 is 5.80. The van der Waals surface area contributed by atoms with E-state index in [4.69, 9.17) is 16.6 Å². The number of carbonyl (C=O) groups excluding carboxylic acids is 3. The number of hydrogen-bond acceptors (Lipinski definition) is 10. The zero-order valence-corrected chi connectivity index (χ0v) is 16.4. The van der Waals surface area contributed by atoms with Gasteiger partial charge in [0.05, 0.1) is 21.8 Å². The van der Waals surface area contributed by atoms with Crippen LogP contribution in [0.5, 0.6) is 0 Å². The van der Waals surface area contributed by atoms with Crippen molar-refractivity contribution in [1.29, 1.82) is 0 Å². The van der Waals surface area contributed by atoms with Crippen molar-refractivity contribution in [1.82, 2.24) is 4.90 Å². The second-order valence-corrected chi connectivity index (χ2v) is 7.64. The van der Waals surface area contributed by atoms with Gasteiger partial charge in [-0.3, -0.25) is 19.8 Å². The van der Waals surface area contributed by atoms with Gasteiger partial charge in [0.2, 0.25) is 0 Å². The molecule has 1 fully saturated rings. The second-order valence-electron chi connectivity index (χ2n) is 5.97. The van der Waals surface area contributed by atoms with Crippen molar-refractivity contribution in [3.63, 3.8) is 0 Å². The first-order chi connectivity index (χ1) is 14.2. The number of amides is 1. The van der Waals surface area contributed by atoms with E-state index >= 15 is 0 Å². The van der Waals surface area contributed by atoms with E-state index in [0.717, 1.165) is 11.8 Å². The molecule has 1 aliphatic heterocycles. The molecular formula is C18H10N2O8S2-2. The normalized spacial score (nSPS) is 16.1. The molecule has 1 atom stereocenters. The number of furan rings is 1. The monoisotopic (exact) mass is 446 g/mol. The van der Waals surface area contributed by atoms with Crippen molar-refractivity contribution in [2.75, 3.05) is 0 Å². The van der Waals surface area contributed by atoms with Crippen molar-refractivity contribution in [2.24, 2.45) is 0 Å². The number of benzene rings is 1. The third-order valence-corrected chi connectivity index (χ3v) is 5.36. The summed E-state index contributed by atoms with van der Waals surface area (Å²) in [6, 6.07) is 6.99. The van der Waals surface area contributed by atoms with Crippen LogP contribution in [0, 0.1) is 10.1 Å². The smallest absolute Gasteiger partial charge is 0.269 e. The average molecular weight is 446 g/mol. The predicted molar refractivity (Wildman–Crippen MR) is 104 cm³/mol. The highest BCUT2D eigenvalue weighted by atomic mass is 32.2. The molecule has 2 aromatic rings. The minimum absolute atomic E-state index is 0.0363. The van der Waals surface area contributed by atoms with Gasteiger partial charge in [0.25, 0.3) is 11.6 Å². The van der Waals surface area contributed by atoms with Crippen molar-refractivity contribution in [2.45, 2.75) is 12.5 Å². The lowest BCUT2D eigenvalue weighted by molar-refractivity contribution is -0.384. The Hall–Kier alpha value is -3.51. The molecule has 0 saturated carbocycles. The molecule has 154 valence electrons. The van der Waals surface area contributed by atoms with E-state index in [2.05, 4.69) is 0 Å². The topological polar surface area (TPSA) is 157 Å². The van der Waals surface area contributed by atoms with Gasteiger partial charge in [-0.2, -0.15) is 0 Å². The van der Waals surface area contributed by atoms with Crippen LogP contribution in [0.25, 0.3) is 17.4 Å². The van der Waals surface area contributed by atoms with Gasteiger partial charge in [0, 0.05) is 36.2 Å². The summed E-state index contributed by atoms with van der Waals surface area (Å²) in [6.45, 7) is 0. The molecule has 1 aromatic carbocycles. The standard InChI is InChI=1S/C18H12N2O8S2/c21-15(22)8-12(17(24)25)19-16(23)14(30-18(19)29)7-11-5-6-13(28-11)9-1-3-10(4-2-9)20(26)27/h1-7,12H,8H2,(H,21,22)(H,24,25)/p-2/b14-7+/t12-/m1/s1. The second kappa shape index (κ2) is 8.47. The lowest BCUT2D eigenvalue weighted by Crippen LogP contribution is -2.52. The van der Waals surface area contributed by atoms with Crippen molar-refractivity contribution in [3.05, 3.63) is 57.2 Å². The van der Waals surface area contributed by atoms with Crippen LogP contribution in [0.3, 0.4) is 0 Å². The summed E-state index contributed by atoms with van der Waals surface area (Å²) in [4.78, 5) is 45.5. The number of non-ortho nitro benzene ring substituents is 1. The van der Waals surface area contributed by atoms with Crippen LogP contribution in [-0.2, 0) is 14.4 Å². The Kier molecular flexibility index (Phi) is 5.99. The number of rotatable bonds is 7. The molecule has 2 heterocycles. The zero-order chi connectivity index (χ0) is 22.0. The van der Waals surface area contributed by atoms with E-state index in [1.54, 1.807) is 12.1 Å². The molecule has 10 nitrogen and oxygen atoms in total. The molecule has 0 unspecified atom stereocenters. The molecule has 3 rings (SSSR count). The van der Waals surface area contributed by atoms with E-state index in [9.17, 15) is 34.7 Å². The van der Waals surface area contributed by atoms with Crippen molar-refractivity contribution in [3.8, 4) is 11.3 Å². The highest BCUT2D eigenvalue weighted by Gasteiger charge is 2.38. The fraction of sp³-hybridized carbons (Fsp3) is 0.111. The van der Waals surface area contributed by atoms with E-state index in [1.165, 1.54) is 30.3 Å². The predicted octanol–water partition coefficient (Wildman–Crippen LogP) is 0.315. The lowest BCUT2D eigenvalue weighted by Gasteiger charge is -2.27. The number of nitrogens with zero attached hydrogens (tertiary/aromatic N) is 2. The van der Waals surface area contributed by atoms with E-state index < -0.39 is 35.2 Å². The Labute approximate surface area is 177 Å². The van der Waals surface area contributed by atoms with Crippen LogP contribution in [0.4, 0.5) is 5.69 Å². The number of aliphatic carboxylic acids is 2. The van der Waals surface area contributed by atoms with Crippen molar-refractivity contribution >= 4 is 57.9 Å². The van der Waals surface area contributed by atoms with E-state index in [1.807, 2.05) is 0 Å². The number of thioether (sulfide) groups is 1. The summed E-state index contributed by atoms with van der Waals surface area (Å²) in [5.74, 6) is -3.60. The number of carboxylic acids is 2. The Balaban J connectivity index is 1.83. The van der Waals surface area contributed by atoms with Gasteiger partial charge in [-0.05, 0) is 24.3 Å². The maximum Gasteiger partial charge on any atom is 0.269 e. The molecule has 0 spiro atoms. The summed E-state index contributed by atoms with van der Waals surface area (Å²) in [6.07, 6.45) is 0.368. The summed E-state index contributed by atoms with van der Waals surface area (Å²) in [7, 11) is 0. The number of nitro groups is 1. The van der Waals surface area contributed by atoms with Crippen LogP contribution in [0.15, 0.2) is 45.7 Å². The van der Waals surface area contributed by atoms with Gasteiger partial charge in [-0.15, -0.1) is 0 Å². The van der Waals surface area contributed by atoms with Crippen molar-refractivity contribution < 1.29 is 33.9 Å². The van der Waals surface area contributed by atoms with Crippen LogP contribution in [0.2, 0.25) is 0 Å².